The summed E-state index contributed by atoms with van der Waals surface area (Å²) in [6, 6.07) is 15.3. The van der Waals surface area contributed by atoms with Crippen molar-refractivity contribution in [2.24, 2.45) is 0 Å². The molecule has 0 saturated heterocycles. The number of amides is 1. The van der Waals surface area contributed by atoms with Crippen molar-refractivity contribution in [2.45, 2.75) is 26.3 Å². The Morgan fingerprint density at radius 2 is 2.00 bits per heavy atom. The number of halogens is 1. The van der Waals surface area contributed by atoms with Gasteiger partial charge in [0.2, 0.25) is 17.6 Å². The molecule has 0 spiro atoms. The summed E-state index contributed by atoms with van der Waals surface area (Å²) in [4.78, 5) is 16.3. The Bertz CT molecular complexity index is 859. The average molecular weight is 356 g/mol. The number of aromatic nitrogens is 2. The van der Waals surface area contributed by atoms with Crippen LogP contribution in [0.1, 0.15) is 23.4 Å². The van der Waals surface area contributed by atoms with Crippen LogP contribution in [-0.4, -0.2) is 16.0 Å². The molecule has 2 aromatic carbocycles. The van der Waals surface area contributed by atoms with E-state index < -0.39 is 0 Å². The van der Waals surface area contributed by atoms with Crippen LogP contribution in [0.2, 0.25) is 5.02 Å². The van der Waals surface area contributed by atoms with Gasteiger partial charge in [-0.15, -0.1) is 0 Å². The molecule has 25 heavy (non-hydrogen) atoms. The number of hydrogen-bond donors (Lipinski definition) is 1. The number of hydrogen-bond acceptors (Lipinski definition) is 4. The lowest BCUT2D eigenvalue weighted by Crippen LogP contribution is -2.23. The van der Waals surface area contributed by atoms with Crippen molar-refractivity contribution in [3.63, 3.8) is 0 Å². The fourth-order valence-corrected chi connectivity index (χ4v) is 2.53. The summed E-state index contributed by atoms with van der Waals surface area (Å²) in [7, 11) is 0. The number of aryl methyl sites for hydroxylation is 2. The van der Waals surface area contributed by atoms with Crippen LogP contribution in [0.3, 0.4) is 0 Å². The monoisotopic (exact) mass is 355 g/mol. The molecule has 6 heteroatoms. The summed E-state index contributed by atoms with van der Waals surface area (Å²) in [5, 5.41) is 7.44. The van der Waals surface area contributed by atoms with Gasteiger partial charge in [0.05, 0.1) is 6.54 Å². The summed E-state index contributed by atoms with van der Waals surface area (Å²) in [6.45, 7) is 2.23. The molecule has 3 rings (SSSR count). The molecule has 1 N–H and O–H groups in total. The van der Waals surface area contributed by atoms with Gasteiger partial charge in [0.25, 0.3) is 0 Å². The highest BCUT2D eigenvalue weighted by atomic mass is 35.5. The van der Waals surface area contributed by atoms with E-state index in [1.54, 1.807) is 0 Å². The smallest absolute Gasteiger partial charge is 0.246 e. The molecule has 0 bridgehead atoms. The van der Waals surface area contributed by atoms with Crippen molar-refractivity contribution in [3.8, 4) is 11.4 Å². The topological polar surface area (TPSA) is 68.0 Å². The van der Waals surface area contributed by atoms with E-state index in [4.69, 9.17) is 16.1 Å². The second kappa shape index (κ2) is 7.94. The minimum atomic E-state index is -0.0646. The molecular weight excluding hydrogens is 338 g/mol. The van der Waals surface area contributed by atoms with Gasteiger partial charge in [-0.1, -0.05) is 52.7 Å². The van der Waals surface area contributed by atoms with Gasteiger partial charge in [-0.2, -0.15) is 4.98 Å². The first kappa shape index (κ1) is 17.2. The fourth-order valence-electron chi connectivity index (χ4n) is 2.40. The van der Waals surface area contributed by atoms with Crippen molar-refractivity contribution in [3.05, 3.63) is 70.6 Å². The Balaban J connectivity index is 1.50. The highest BCUT2D eigenvalue weighted by Crippen LogP contribution is 2.17. The number of nitrogens with one attached hydrogen (secondary N) is 1. The largest absolute Gasteiger partial charge is 0.347 e. The number of benzene rings is 2. The van der Waals surface area contributed by atoms with Crippen LogP contribution < -0.4 is 5.32 Å². The second-order valence-corrected chi connectivity index (χ2v) is 6.22. The minimum absolute atomic E-state index is 0.0646. The number of rotatable bonds is 6. The molecule has 0 unspecified atom stereocenters. The van der Waals surface area contributed by atoms with Crippen LogP contribution in [0.4, 0.5) is 0 Å². The van der Waals surface area contributed by atoms with Crippen LogP contribution >= 0.6 is 11.6 Å². The van der Waals surface area contributed by atoms with Crippen molar-refractivity contribution in [1.82, 2.24) is 15.5 Å². The maximum atomic E-state index is 12.0. The first-order valence-electron chi connectivity index (χ1n) is 8.01. The first-order chi connectivity index (χ1) is 12.1. The maximum absolute atomic E-state index is 12.0. The van der Waals surface area contributed by atoms with E-state index in [0.717, 1.165) is 16.7 Å². The third kappa shape index (κ3) is 4.90. The fraction of sp³-hybridized carbons (Fsp3) is 0.211. The zero-order valence-corrected chi connectivity index (χ0v) is 14.6. The SMILES string of the molecule is Cc1cccc(-c2noc(CNC(=O)CCc3ccc(Cl)cc3)n2)c1. The molecule has 1 aromatic heterocycles. The lowest BCUT2D eigenvalue weighted by molar-refractivity contribution is -0.121. The highest BCUT2D eigenvalue weighted by Gasteiger charge is 2.10. The Labute approximate surface area is 151 Å². The van der Waals surface area contributed by atoms with Gasteiger partial charge in [0.15, 0.2) is 0 Å². The van der Waals surface area contributed by atoms with E-state index in [-0.39, 0.29) is 12.5 Å². The third-order valence-corrected chi connectivity index (χ3v) is 3.99. The average Bonchev–Trinajstić information content (AvgIpc) is 3.08. The summed E-state index contributed by atoms with van der Waals surface area (Å²) < 4.78 is 5.19. The standard InChI is InChI=1S/C19H18ClN3O2/c1-13-3-2-4-15(11-13)19-22-18(25-23-19)12-21-17(24)10-7-14-5-8-16(20)9-6-14/h2-6,8-9,11H,7,10,12H2,1H3,(H,21,24). The van der Waals surface area contributed by atoms with Gasteiger partial charge in [-0.3, -0.25) is 4.79 Å². The van der Waals surface area contributed by atoms with Crippen LogP contribution in [0, 0.1) is 6.92 Å². The molecule has 0 saturated carbocycles. The van der Waals surface area contributed by atoms with Gasteiger partial charge in [0, 0.05) is 17.0 Å². The van der Waals surface area contributed by atoms with Crippen molar-refractivity contribution in [2.75, 3.05) is 0 Å². The molecule has 1 amide bonds. The van der Waals surface area contributed by atoms with Crippen LogP contribution in [0.5, 0.6) is 0 Å². The molecule has 128 valence electrons. The quantitative estimate of drug-likeness (QED) is 0.727. The first-order valence-corrected chi connectivity index (χ1v) is 8.39. The lowest BCUT2D eigenvalue weighted by atomic mass is 10.1. The molecule has 3 aromatic rings. The van der Waals surface area contributed by atoms with Crippen molar-refractivity contribution >= 4 is 17.5 Å². The summed E-state index contributed by atoms with van der Waals surface area (Å²) in [5.41, 5.74) is 3.09. The van der Waals surface area contributed by atoms with E-state index in [1.165, 1.54) is 0 Å². The Morgan fingerprint density at radius 1 is 1.20 bits per heavy atom. The molecule has 0 aliphatic carbocycles. The second-order valence-electron chi connectivity index (χ2n) is 5.78. The molecule has 0 radical (unpaired) electrons. The predicted molar refractivity (Wildman–Crippen MR) is 96.1 cm³/mol. The molecule has 0 aliphatic rings. The predicted octanol–water partition coefficient (Wildman–Crippen LogP) is 3.95. The molecule has 0 fully saturated rings. The van der Waals surface area contributed by atoms with Gasteiger partial charge in [-0.25, -0.2) is 0 Å². The molecule has 0 aliphatic heterocycles. The van der Waals surface area contributed by atoms with E-state index in [1.807, 2.05) is 55.5 Å². The summed E-state index contributed by atoms with van der Waals surface area (Å²) in [5.74, 6) is 0.843. The molecule has 0 atom stereocenters. The maximum Gasteiger partial charge on any atom is 0.246 e. The number of carbonyl (C=O) groups excluding carboxylic acids is 1. The van der Waals surface area contributed by atoms with Gasteiger partial charge in [0.1, 0.15) is 0 Å². The van der Waals surface area contributed by atoms with Crippen LogP contribution in [0.15, 0.2) is 53.1 Å². The zero-order chi connectivity index (χ0) is 17.6. The molecular formula is C19H18ClN3O2. The molecule has 5 nitrogen and oxygen atoms in total. The normalized spacial score (nSPS) is 10.6. The van der Waals surface area contributed by atoms with E-state index in [0.29, 0.717) is 29.6 Å². The lowest BCUT2D eigenvalue weighted by Gasteiger charge is -2.03. The van der Waals surface area contributed by atoms with E-state index >= 15 is 0 Å². The Kier molecular flexibility index (Phi) is 5.46. The Morgan fingerprint density at radius 3 is 2.76 bits per heavy atom. The highest BCUT2D eigenvalue weighted by molar-refractivity contribution is 6.30. The Hall–Kier alpha value is -2.66. The van der Waals surface area contributed by atoms with Gasteiger partial charge < -0.3 is 9.84 Å². The third-order valence-electron chi connectivity index (χ3n) is 3.74. The van der Waals surface area contributed by atoms with Crippen LogP contribution in [-0.2, 0) is 17.8 Å². The number of carbonyl (C=O) groups is 1. The van der Waals surface area contributed by atoms with Crippen molar-refractivity contribution < 1.29 is 9.32 Å². The number of nitrogens with zero attached hydrogens (tertiary/aromatic N) is 2. The van der Waals surface area contributed by atoms with E-state index in [2.05, 4.69) is 15.5 Å². The minimum Gasteiger partial charge on any atom is -0.347 e. The van der Waals surface area contributed by atoms with E-state index in [9.17, 15) is 4.79 Å². The van der Waals surface area contributed by atoms with Gasteiger partial charge >= 0.3 is 0 Å². The van der Waals surface area contributed by atoms with Gasteiger partial charge in [-0.05, 0) is 37.1 Å². The van der Waals surface area contributed by atoms with Crippen molar-refractivity contribution in [1.29, 1.82) is 0 Å². The summed E-state index contributed by atoms with van der Waals surface area (Å²) in [6.07, 6.45) is 1.04. The summed E-state index contributed by atoms with van der Waals surface area (Å²) >= 11 is 5.84. The van der Waals surface area contributed by atoms with Crippen LogP contribution in [0.25, 0.3) is 11.4 Å². The zero-order valence-electron chi connectivity index (χ0n) is 13.8. The molecule has 1 heterocycles.